The molecule has 4 heteroatoms. The Morgan fingerprint density at radius 1 is 1.23 bits per heavy atom. The summed E-state index contributed by atoms with van der Waals surface area (Å²) in [5.74, 6) is 0.758. The van der Waals surface area contributed by atoms with Gasteiger partial charge in [0, 0.05) is 18.4 Å². The molecule has 0 amide bonds. The first kappa shape index (κ1) is 15.1. The normalized spacial score (nSPS) is 16.3. The van der Waals surface area contributed by atoms with Crippen LogP contribution in [0.1, 0.15) is 38.3 Å². The molecule has 0 atom stereocenters. The Balaban J connectivity index is 1.83. The number of benzene rings is 1. The van der Waals surface area contributed by atoms with E-state index >= 15 is 0 Å². The van der Waals surface area contributed by atoms with Crippen LogP contribution >= 0.6 is 0 Å². The van der Waals surface area contributed by atoms with Gasteiger partial charge in [-0.05, 0) is 69.8 Å². The molecule has 0 spiro atoms. The van der Waals surface area contributed by atoms with Crippen LogP contribution in [0.15, 0.2) is 41.5 Å². The maximum atomic E-state index is 12.4. The van der Waals surface area contributed by atoms with E-state index in [1.54, 1.807) is 9.13 Å². The van der Waals surface area contributed by atoms with Gasteiger partial charge in [-0.15, -0.1) is 0 Å². The predicted octanol–water partition coefficient (Wildman–Crippen LogP) is 2.76. The molecular weight excluding hydrogens is 274 g/mol. The third-order valence-corrected chi connectivity index (χ3v) is 4.53. The quantitative estimate of drug-likeness (QED) is 0.943. The van der Waals surface area contributed by atoms with Gasteiger partial charge in [0.2, 0.25) is 0 Å². The summed E-state index contributed by atoms with van der Waals surface area (Å²) in [5.41, 5.74) is 2.33. The SMILES string of the molecule is CC(C)n1ccn(-c2cccc(CC3CCNCC3)c2)c1=O. The summed E-state index contributed by atoms with van der Waals surface area (Å²) in [6, 6.07) is 8.60. The van der Waals surface area contributed by atoms with Crippen molar-refractivity contribution in [2.24, 2.45) is 5.92 Å². The van der Waals surface area contributed by atoms with Crippen LogP contribution in [0.25, 0.3) is 5.69 Å². The number of imidazole rings is 1. The summed E-state index contributed by atoms with van der Waals surface area (Å²) < 4.78 is 3.51. The number of hydrogen-bond acceptors (Lipinski definition) is 2. The van der Waals surface area contributed by atoms with Gasteiger partial charge in [0.1, 0.15) is 0 Å². The molecule has 1 saturated heterocycles. The Kier molecular flexibility index (Phi) is 4.48. The zero-order valence-electron chi connectivity index (χ0n) is 13.5. The van der Waals surface area contributed by atoms with E-state index in [1.165, 1.54) is 18.4 Å². The lowest BCUT2D eigenvalue weighted by Gasteiger charge is -2.22. The van der Waals surface area contributed by atoms with Crippen molar-refractivity contribution in [1.29, 1.82) is 0 Å². The lowest BCUT2D eigenvalue weighted by molar-refractivity contribution is 0.372. The van der Waals surface area contributed by atoms with Crippen LogP contribution in [0.2, 0.25) is 0 Å². The number of nitrogens with zero attached hydrogens (tertiary/aromatic N) is 2. The van der Waals surface area contributed by atoms with Gasteiger partial charge < -0.3 is 5.32 Å². The van der Waals surface area contributed by atoms with E-state index in [4.69, 9.17) is 0 Å². The van der Waals surface area contributed by atoms with Crippen molar-refractivity contribution in [2.75, 3.05) is 13.1 Å². The number of rotatable bonds is 4. The van der Waals surface area contributed by atoms with Crippen LogP contribution in [-0.4, -0.2) is 22.2 Å². The first-order chi connectivity index (χ1) is 10.6. The first-order valence-corrected chi connectivity index (χ1v) is 8.24. The molecule has 0 bridgehead atoms. The molecule has 118 valence electrons. The molecule has 1 aromatic carbocycles. The zero-order valence-corrected chi connectivity index (χ0v) is 13.5. The molecule has 1 aromatic heterocycles. The number of hydrogen-bond donors (Lipinski definition) is 1. The molecule has 1 N–H and O–H groups in total. The van der Waals surface area contributed by atoms with Gasteiger partial charge in [-0.2, -0.15) is 0 Å². The minimum atomic E-state index is 0.0361. The number of nitrogens with one attached hydrogen (secondary N) is 1. The first-order valence-electron chi connectivity index (χ1n) is 8.24. The van der Waals surface area contributed by atoms with Crippen LogP contribution in [0.4, 0.5) is 0 Å². The fourth-order valence-electron chi connectivity index (χ4n) is 3.23. The highest BCUT2D eigenvalue weighted by atomic mass is 16.1. The summed E-state index contributed by atoms with van der Waals surface area (Å²) in [7, 11) is 0. The van der Waals surface area contributed by atoms with E-state index < -0.39 is 0 Å². The molecule has 1 aliphatic rings. The largest absolute Gasteiger partial charge is 0.332 e. The van der Waals surface area contributed by atoms with Crippen molar-refractivity contribution in [3.8, 4) is 5.69 Å². The summed E-state index contributed by atoms with van der Waals surface area (Å²) >= 11 is 0. The maximum Gasteiger partial charge on any atom is 0.332 e. The molecule has 3 rings (SSSR count). The highest BCUT2D eigenvalue weighted by molar-refractivity contribution is 5.36. The van der Waals surface area contributed by atoms with E-state index in [0.717, 1.165) is 31.1 Å². The molecule has 1 fully saturated rings. The summed E-state index contributed by atoms with van der Waals surface area (Å²) in [4.78, 5) is 12.4. The monoisotopic (exact) mass is 299 g/mol. The van der Waals surface area contributed by atoms with Gasteiger partial charge in [0.05, 0.1) is 5.69 Å². The molecule has 0 radical (unpaired) electrons. The van der Waals surface area contributed by atoms with Crippen LogP contribution in [0.3, 0.4) is 0 Å². The van der Waals surface area contributed by atoms with E-state index in [9.17, 15) is 4.79 Å². The predicted molar refractivity (Wildman–Crippen MR) is 89.7 cm³/mol. The highest BCUT2D eigenvalue weighted by Crippen LogP contribution is 2.19. The van der Waals surface area contributed by atoms with E-state index in [0.29, 0.717) is 0 Å². The van der Waals surface area contributed by atoms with Gasteiger partial charge in [-0.25, -0.2) is 4.79 Å². The second kappa shape index (κ2) is 6.53. The smallest absolute Gasteiger partial charge is 0.317 e. The molecule has 2 aromatic rings. The summed E-state index contributed by atoms with van der Waals surface area (Å²) in [6.45, 7) is 6.31. The zero-order chi connectivity index (χ0) is 15.5. The minimum absolute atomic E-state index is 0.0361. The van der Waals surface area contributed by atoms with Crippen LogP contribution in [0.5, 0.6) is 0 Å². The van der Waals surface area contributed by atoms with Crippen LogP contribution < -0.4 is 11.0 Å². The Labute approximate surface area is 131 Å². The maximum absolute atomic E-state index is 12.4. The number of piperidine rings is 1. The molecule has 0 saturated carbocycles. The average molecular weight is 299 g/mol. The summed E-state index contributed by atoms with van der Waals surface area (Å²) in [6.07, 6.45) is 7.33. The van der Waals surface area contributed by atoms with E-state index in [2.05, 4.69) is 23.5 Å². The van der Waals surface area contributed by atoms with Gasteiger partial charge in [0.25, 0.3) is 0 Å². The van der Waals surface area contributed by atoms with Gasteiger partial charge >= 0.3 is 5.69 Å². The minimum Gasteiger partial charge on any atom is -0.317 e. The van der Waals surface area contributed by atoms with Crippen molar-refractivity contribution in [3.05, 3.63) is 52.7 Å². The van der Waals surface area contributed by atoms with Gasteiger partial charge in [-0.3, -0.25) is 9.13 Å². The second-order valence-electron chi connectivity index (χ2n) is 6.52. The third kappa shape index (κ3) is 3.17. The van der Waals surface area contributed by atoms with Crippen molar-refractivity contribution < 1.29 is 0 Å². The lowest BCUT2D eigenvalue weighted by atomic mass is 9.91. The summed E-state index contributed by atoms with van der Waals surface area (Å²) in [5, 5.41) is 3.41. The third-order valence-electron chi connectivity index (χ3n) is 4.53. The van der Waals surface area contributed by atoms with Gasteiger partial charge in [-0.1, -0.05) is 12.1 Å². The van der Waals surface area contributed by atoms with E-state index in [1.807, 2.05) is 32.3 Å². The fraction of sp³-hybridized carbons (Fsp3) is 0.500. The fourth-order valence-corrected chi connectivity index (χ4v) is 3.23. The van der Waals surface area contributed by atoms with Crippen LogP contribution in [-0.2, 0) is 6.42 Å². The lowest BCUT2D eigenvalue weighted by Crippen LogP contribution is -2.28. The Hall–Kier alpha value is -1.81. The highest BCUT2D eigenvalue weighted by Gasteiger charge is 2.14. The standard InChI is InChI=1S/C18H25N3O/c1-14(2)20-10-11-21(18(20)22)17-5-3-4-16(13-17)12-15-6-8-19-9-7-15/h3-5,10-11,13-15,19H,6-9,12H2,1-2H3. The Morgan fingerprint density at radius 2 is 2.00 bits per heavy atom. The molecule has 22 heavy (non-hydrogen) atoms. The van der Waals surface area contributed by atoms with E-state index in [-0.39, 0.29) is 11.7 Å². The number of aromatic nitrogens is 2. The average Bonchev–Trinajstić information content (AvgIpc) is 2.90. The molecule has 0 unspecified atom stereocenters. The Morgan fingerprint density at radius 3 is 2.68 bits per heavy atom. The van der Waals surface area contributed by atoms with Crippen molar-refractivity contribution in [1.82, 2.24) is 14.5 Å². The van der Waals surface area contributed by atoms with Crippen molar-refractivity contribution in [3.63, 3.8) is 0 Å². The Bertz CT molecular complexity index is 678. The molecule has 0 aliphatic carbocycles. The molecule has 1 aliphatic heterocycles. The van der Waals surface area contributed by atoms with Gasteiger partial charge in [0.15, 0.2) is 0 Å². The molecule has 2 heterocycles. The second-order valence-corrected chi connectivity index (χ2v) is 6.52. The topological polar surface area (TPSA) is 39.0 Å². The molecule has 4 nitrogen and oxygen atoms in total. The van der Waals surface area contributed by atoms with Crippen LogP contribution in [0, 0.1) is 5.92 Å². The molecular formula is C18H25N3O. The van der Waals surface area contributed by atoms with Crippen molar-refractivity contribution >= 4 is 0 Å². The van der Waals surface area contributed by atoms with Crippen molar-refractivity contribution in [2.45, 2.75) is 39.2 Å².